The zero-order chi connectivity index (χ0) is 20.1. The van der Waals surface area contributed by atoms with Crippen molar-refractivity contribution in [2.75, 3.05) is 5.32 Å². The van der Waals surface area contributed by atoms with Crippen LogP contribution < -0.4 is 10.7 Å². The first-order valence-corrected chi connectivity index (χ1v) is 8.86. The van der Waals surface area contributed by atoms with Crippen molar-refractivity contribution < 1.29 is 14.5 Å². The molecular formula is C20H20N4O4. The van der Waals surface area contributed by atoms with E-state index in [9.17, 15) is 19.7 Å². The third kappa shape index (κ3) is 5.00. The summed E-state index contributed by atoms with van der Waals surface area (Å²) in [6, 6.07) is 15.4. The van der Waals surface area contributed by atoms with E-state index in [1.807, 2.05) is 30.3 Å². The second-order valence-electron chi connectivity index (χ2n) is 6.71. The summed E-state index contributed by atoms with van der Waals surface area (Å²) in [5, 5.41) is 17.3. The highest BCUT2D eigenvalue weighted by Gasteiger charge is 2.43. The number of non-ortho nitro benzene ring substituents is 1. The van der Waals surface area contributed by atoms with Gasteiger partial charge >= 0.3 is 0 Å². The molecule has 2 amide bonds. The molecule has 1 aliphatic rings. The van der Waals surface area contributed by atoms with Crippen LogP contribution in [0.2, 0.25) is 0 Å². The molecule has 0 bridgehead atoms. The number of nitrogens with one attached hydrogen (secondary N) is 2. The van der Waals surface area contributed by atoms with Gasteiger partial charge in [0.25, 0.3) is 5.69 Å². The first kappa shape index (κ1) is 19.2. The number of carbonyl (C=O) groups is 2. The molecule has 1 saturated carbocycles. The van der Waals surface area contributed by atoms with E-state index in [4.69, 9.17) is 0 Å². The molecular weight excluding hydrogens is 360 g/mol. The van der Waals surface area contributed by atoms with E-state index in [0.717, 1.165) is 12.0 Å². The Morgan fingerprint density at radius 1 is 1.14 bits per heavy atom. The number of anilines is 1. The van der Waals surface area contributed by atoms with Crippen LogP contribution in [0.25, 0.3) is 0 Å². The lowest BCUT2D eigenvalue weighted by molar-refractivity contribution is -0.384. The molecule has 0 heterocycles. The Balaban J connectivity index is 1.45. The Bertz CT molecular complexity index is 910. The van der Waals surface area contributed by atoms with Crippen LogP contribution in [-0.4, -0.2) is 22.4 Å². The van der Waals surface area contributed by atoms with Crippen molar-refractivity contribution in [3.8, 4) is 0 Å². The summed E-state index contributed by atoms with van der Waals surface area (Å²) in [5.74, 6) is -0.336. The molecule has 1 aliphatic carbocycles. The first-order chi connectivity index (χ1) is 13.4. The van der Waals surface area contributed by atoms with Crippen LogP contribution in [0.3, 0.4) is 0 Å². The standard InChI is InChI=1S/C20H20N4O4/c1-13(11-19(25)21-15-7-9-16(10-8-15)24(27)28)22-23-20(26)18-12-17(18)14-5-3-2-4-6-14/h2-10,17-18H,11-12H2,1H3,(H,21,25)(H,23,26)/t17-,18-/m0/s1. The zero-order valence-corrected chi connectivity index (χ0v) is 15.3. The topological polar surface area (TPSA) is 114 Å². The fourth-order valence-electron chi connectivity index (χ4n) is 2.93. The van der Waals surface area contributed by atoms with Gasteiger partial charge in [-0.25, -0.2) is 5.43 Å². The van der Waals surface area contributed by atoms with Crippen molar-refractivity contribution in [2.45, 2.75) is 25.7 Å². The molecule has 0 spiro atoms. The lowest BCUT2D eigenvalue weighted by atomic mass is 10.1. The number of hydrazone groups is 1. The average molecular weight is 380 g/mol. The van der Waals surface area contributed by atoms with Crippen molar-refractivity contribution in [1.82, 2.24) is 5.43 Å². The predicted octanol–water partition coefficient (Wildman–Crippen LogP) is 3.22. The SMILES string of the molecule is CC(CC(=O)Nc1ccc([N+](=O)[O-])cc1)=NNC(=O)[C@H]1C[C@H]1c1ccccc1. The fourth-order valence-corrected chi connectivity index (χ4v) is 2.93. The monoisotopic (exact) mass is 380 g/mol. The second-order valence-corrected chi connectivity index (χ2v) is 6.71. The third-order valence-electron chi connectivity index (χ3n) is 4.49. The molecule has 2 N–H and O–H groups in total. The van der Waals surface area contributed by atoms with Gasteiger partial charge in [0.2, 0.25) is 11.8 Å². The van der Waals surface area contributed by atoms with E-state index in [1.165, 1.54) is 24.3 Å². The molecule has 3 rings (SSSR count). The van der Waals surface area contributed by atoms with Gasteiger partial charge in [0, 0.05) is 29.4 Å². The van der Waals surface area contributed by atoms with Gasteiger partial charge in [0.15, 0.2) is 0 Å². The van der Waals surface area contributed by atoms with Gasteiger partial charge in [0.05, 0.1) is 11.3 Å². The van der Waals surface area contributed by atoms with E-state index in [0.29, 0.717) is 11.4 Å². The number of benzene rings is 2. The Morgan fingerprint density at radius 3 is 2.46 bits per heavy atom. The van der Waals surface area contributed by atoms with Gasteiger partial charge in [-0.3, -0.25) is 19.7 Å². The molecule has 0 radical (unpaired) electrons. The van der Waals surface area contributed by atoms with Crippen LogP contribution in [0.1, 0.15) is 31.2 Å². The predicted molar refractivity (Wildman–Crippen MR) is 105 cm³/mol. The van der Waals surface area contributed by atoms with Gasteiger partial charge in [0.1, 0.15) is 0 Å². The molecule has 8 heteroatoms. The maximum atomic E-state index is 12.2. The quantitative estimate of drug-likeness (QED) is 0.436. The Kier molecular flexibility index (Phi) is 5.78. The van der Waals surface area contributed by atoms with Crippen molar-refractivity contribution in [3.05, 3.63) is 70.3 Å². The zero-order valence-electron chi connectivity index (χ0n) is 15.3. The summed E-state index contributed by atoms with van der Waals surface area (Å²) in [7, 11) is 0. The minimum absolute atomic E-state index is 0.00402. The van der Waals surface area contributed by atoms with E-state index < -0.39 is 4.92 Å². The van der Waals surface area contributed by atoms with Crippen LogP contribution in [-0.2, 0) is 9.59 Å². The van der Waals surface area contributed by atoms with Gasteiger partial charge in [-0.15, -0.1) is 0 Å². The smallest absolute Gasteiger partial charge is 0.269 e. The molecule has 144 valence electrons. The number of hydrogen-bond donors (Lipinski definition) is 2. The van der Waals surface area contributed by atoms with Crippen LogP contribution in [0, 0.1) is 16.0 Å². The maximum absolute atomic E-state index is 12.2. The normalized spacial score (nSPS) is 18.2. The summed E-state index contributed by atoms with van der Waals surface area (Å²) in [6.45, 7) is 1.65. The lowest BCUT2D eigenvalue weighted by Crippen LogP contribution is -2.23. The molecule has 2 aromatic carbocycles. The minimum Gasteiger partial charge on any atom is -0.326 e. The number of rotatable bonds is 7. The lowest BCUT2D eigenvalue weighted by Gasteiger charge is -2.05. The second kappa shape index (κ2) is 8.43. The summed E-state index contributed by atoms with van der Waals surface area (Å²) in [5.41, 5.74) is 4.54. The number of carbonyl (C=O) groups excluding carboxylic acids is 2. The van der Waals surface area contributed by atoms with E-state index >= 15 is 0 Å². The first-order valence-electron chi connectivity index (χ1n) is 8.86. The fraction of sp³-hybridized carbons (Fsp3) is 0.250. The van der Waals surface area contributed by atoms with Crippen molar-refractivity contribution in [2.24, 2.45) is 11.0 Å². The van der Waals surface area contributed by atoms with Gasteiger partial charge < -0.3 is 5.32 Å². The maximum Gasteiger partial charge on any atom is 0.269 e. The van der Waals surface area contributed by atoms with Crippen LogP contribution in [0.4, 0.5) is 11.4 Å². The number of nitro groups is 1. The molecule has 0 aliphatic heterocycles. The van der Waals surface area contributed by atoms with E-state index in [-0.39, 0.29) is 35.8 Å². The molecule has 0 saturated heterocycles. The molecule has 0 unspecified atom stereocenters. The summed E-state index contributed by atoms with van der Waals surface area (Å²) < 4.78 is 0. The van der Waals surface area contributed by atoms with Crippen LogP contribution in [0.15, 0.2) is 59.7 Å². The molecule has 2 atom stereocenters. The molecule has 2 aromatic rings. The van der Waals surface area contributed by atoms with E-state index in [2.05, 4.69) is 15.8 Å². The van der Waals surface area contributed by atoms with E-state index in [1.54, 1.807) is 6.92 Å². The van der Waals surface area contributed by atoms with Crippen molar-refractivity contribution in [3.63, 3.8) is 0 Å². The molecule has 28 heavy (non-hydrogen) atoms. The van der Waals surface area contributed by atoms with Crippen LogP contribution in [0.5, 0.6) is 0 Å². The number of amides is 2. The average Bonchev–Trinajstić information content (AvgIpc) is 3.48. The van der Waals surface area contributed by atoms with Crippen molar-refractivity contribution in [1.29, 1.82) is 0 Å². The Labute approximate surface area is 161 Å². The molecule has 0 aromatic heterocycles. The minimum atomic E-state index is -0.507. The van der Waals surface area contributed by atoms with Gasteiger partial charge in [-0.05, 0) is 37.0 Å². The Morgan fingerprint density at radius 2 is 1.82 bits per heavy atom. The number of nitrogens with zero attached hydrogens (tertiary/aromatic N) is 2. The number of nitro benzene ring substituents is 1. The Hall–Kier alpha value is -3.55. The summed E-state index contributed by atoms with van der Waals surface area (Å²) >= 11 is 0. The van der Waals surface area contributed by atoms with Crippen molar-refractivity contribution >= 4 is 28.9 Å². The van der Waals surface area contributed by atoms with Crippen LogP contribution >= 0.6 is 0 Å². The highest BCUT2D eigenvalue weighted by Crippen LogP contribution is 2.47. The molecule has 1 fully saturated rings. The molecule has 8 nitrogen and oxygen atoms in total. The summed E-state index contributed by atoms with van der Waals surface area (Å²) in [4.78, 5) is 34.3. The number of hydrogen-bond acceptors (Lipinski definition) is 5. The summed E-state index contributed by atoms with van der Waals surface area (Å²) in [6.07, 6.45) is 0.801. The highest BCUT2D eigenvalue weighted by atomic mass is 16.6. The highest BCUT2D eigenvalue weighted by molar-refractivity contribution is 6.05. The third-order valence-corrected chi connectivity index (χ3v) is 4.49. The van der Waals surface area contributed by atoms with Gasteiger partial charge in [-0.2, -0.15) is 5.10 Å². The van der Waals surface area contributed by atoms with Gasteiger partial charge in [-0.1, -0.05) is 30.3 Å². The largest absolute Gasteiger partial charge is 0.326 e.